The molecule has 3 rings (SSSR count). The molecule has 0 atom stereocenters. The molecule has 0 radical (unpaired) electrons. The van der Waals surface area contributed by atoms with Crippen LogP contribution in [0.2, 0.25) is 0 Å². The summed E-state index contributed by atoms with van der Waals surface area (Å²) in [6, 6.07) is 0. The highest BCUT2D eigenvalue weighted by molar-refractivity contribution is 7.86. The van der Waals surface area contributed by atoms with Crippen LogP contribution in [0.4, 0.5) is 0 Å². The SMILES string of the molecule is CC(C)(C)N1P2N(C(C)(C)C)P1N(C(C)(C)C)[Si](Cl)(Cl)N2C(C)(C)C. The minimum atomic E-state index is -2.79. The van der Waals surface area contributed by atoms with Crippen molar-refractivity contribution in [1.29, 1.82) is 0 Å². The van der Waals surface area contributed by atoms with E-state index < -0.39 is 23.8 Å². The van der Waals surface area contributed by atoms with Crippen LogP contribution < -0.4 is 0 Å². The second kappa shape index (κ2) is 6.25. The van der Waals surface area contributed by atoms with Gasteiger partial charge in [0.05, 0.1) is 0 Å². The van der Waals surface area contributed by atoms with Crippen molar-refractivity contribution in [3.8, 4) is 0 Å². The molecule has 0 N–H and O–H groups in total. The van der Waals surface area contributed by atoms with Crippen molar-refractivity contribution in [3.63, 3.8) is 0 Å². The molecule has 0 aromatic carbocycles. The minimum Gasteiger partial charge on any atom is -0.234 e. The summed E-state index contributed by atoms with van der Waals surface area (Å²) in [4.78, 5) is 0. The van der Waals surface area contributed by atoms with Gasteiger partial charge < -0.3 is 0 Å². The van der Waals surface area contributed by atoms with E-state index in [9.17, 15) is 0 Å². The predicted molar refractivity (Wildman–Crippen MR) is 118 cm³/mol. The normalized spacial score (nSPS) is 30.5. The minimum absolute atomic E-state index is 0.0742. The Morgan fingerprint density at radius 3 is 0.920 bits per heavy atom. The van der Waals surface area contributed by atoms with Gasteiger partial charge in [-0.15, -0.1) is 22.2 Å². The number of halogens is 2. The smallest absolute Gasteiger partial charge is 0.234 e. The van der Waals surface area contributed by atoms with E-state index in [-0.39, 0.29) is 22.2 Å². The molecule has 3 heterocycles. The Hall–Kier alpha value is 1.50. The Kier molecular flexibility index (Phi) is 5.69. The first kappa shape index (κ1) is 22.8. The van der Waals surface area contributed by atoms with Gasteiger partial charge >= 0.3 is 7.02 Å². The summed E-state index contributed by atoms with van der Waals surface area (Å²) in [6.07, 6.45) is 0. The zero-order chi connectivity index (χ0) is 20.0. The molecule has 0 unspecified atom stereocenters. The fraction of sp³-hybridized carbons (Fsp3) is 1.00. The molecule has 4 nitrogen and oxygen atoms in total. The van der Waals surface area contributed by atoms with Crippen LogP contribution in [0, 0.1) is 0 Å². The highest BCUT2D eigenvalue weighted by Gasteiger charge is 2.75. The lowest BCUT2D eigenvalue weighted by molar-refractivity contribution is 0.185. The Labute approximate surface area is 168 Å². The summed E-state index contributed by atoms with van der Waals surface area (Å²) in [5.41, 5.74) is -0.0464. The van der Waals surface area contributed by atoms with E-state index in [4.69, 9.17) is 22.2 Å². The van der Waals surface area contributed by atoms with Crippen LogP contribution in [0.25, 0.3) is 0 Å². The molecule has 2 bridgehead atoms. The van der Waals surface area contributed by atoms with Crippen LogP contribution in [0.15, 0.2) is 0 Å². The largest absolute Gasteiger partial charge is 0.420 e. The molecule has 0 amide bonds. The van der Waals surface area contributed by atoms with E-state index in [1.165, 1.54) is 0 Å². The highest BCUT2D eigenvalue weighted by Crippen LogP contribution is 2.89. The third kappa shape index (κ3) is 3.72. The molecular weight excluding hydrogens is 409 g/mol. The lowest BCUT2D eigenvalue weighted by Crippen LogP contribution is -2.77. The van der Waals surface area contributed by atoms with Gasteiger partial charge in [0.1, 0.15) is 16.7 Å². The molecule has 0 saturated carbocycles. The van der Waals surface area contributed by atoms with Crippen LogP contribution in [-0.2, 0) is 0 Å². The van der Waals surface area contributed by atoms with Gasteiger partial charge in [-0.25, -0.2) is 17.6 Å². The molecule has 148 valence electrons. The number of hydrogen-bond donors (Lipinski definition) is 0. The highest BCUT2D eigenvalue weighted by atomic mass is 35.7. The van der Waals surface area contributed by atoms with E-state index >= 15 is 0 Å². The third-order valence-corrected chi connectivity index (χ3v) is 20.2. The molecule has 0 spiro atoms. The van der Waals surface area contributed by atoms with E-state index in [2.05, 4.69) is 101 Å². The van der Waals surface area contributed by atoms with Crippen LogP contribution in [0.3, 0.4) is 0 Å². The third-order valence-electron chi connectivity index (χ3n) is 4.02. The van der Waals surface area contributed by atoms with Crippen molar-refractivity contribution in [2.24, 2.45) is 0 Å². The van der Waals surface area contributed by atoms with Crippen LogP contribution in [0.1, 0.15) is 83.1 Å². The first-order chi connectivity index (χ1) is 10.7. The summed E-state index contributed by atoms with van der Waals surface area (Å²) in [6.45, 7) is 27.4. The van der Waals surface area contributed by atoms with Gasteiger partial charge in [-0.3, -0.25) is 0 Å². The second-order valence-corrected chi connectivity index (χ2v) is 21.4. The summed E-state index contributed by atoms with van der Waals surface area (Å²) >= 11 is 14.5. The lowest BCUT2D eigenvalue weighted by Gasteiger charge is -2.77. The standard InChI is InChI=1S/C16H36Cl2N4P2Si/c1-13(2,3)19-23-20(14(4,5)6)24(19)22(16(10,11)12)25(17,18)21(23)15(7,8)9/h1-12H3. The molecule has 25 heavy (non-hydrogen) atoms. The van der Waals surface area contributed by atoms with E-state index in [0.717, 1.165) is 0 Å². The van der Waals surface area contributed by atoms with Crippen molar-refractivity contribution >= 4 is 45.9 Å². The van der Waals surface area contributed by atoms with Crippen LogP contribution in [0.5, 0.6) is 0 Å². The molecule has 3 aliphatic heterocycles. The van der Waals surface area contributed by atoms with Gasteiger partial charge in [-0.05, 0) is 83.1 Å². The molecule has 3 fully saturated rings. The molecule has 3 aliphatic rings. The first-order valence-corrected chi connectivity index (χ1v) is 15.2. The average molecular weight is 445 g/mol. The quantitative estimate of drug-likeness (QED) is 0.231. The van der Waals surface area contributed by atoms with E-state index in [1.807, 2.05) is 0 Å². The second-order valence-electron chi connectivity index (χ2n) is 10.9. The fourth-order valence-corrected chi connectivity index (χ4v) is 21.8. The monoisotopic (exact) mass is 444 g/mol. The Balaban J connectivity index is 2.73. The van der Waals surface area contributed by atoms with Crippen molar-refractivity contribution in [1.82, 2.24) is 17.6 Å². The average Bonchev–Trinajstić information content (AvgIpc) is 2.16. The fourth-order valence-electron chi connectivity index (χ4n) is 3.33. The van der Waals surface area contributed by atoms with Crippen LogP contribution in [-0.4, -0.2) is 46.7 Å². The number of hydrogen-bond acceptors (Lipinski definition) is 4. The van der Waals surface area contributed by atoms with E-state index in [0.29, 0.717) is 0 Å². The molecular formula is C16H36Cl2N4P2Si. The van der Waals surface area contributed by atoms with Gasteiger partial charge in [-0.2, -0.15) is 0 Å². The summed E-state index contributed by atoms with van der Waals surface area (Å²) in [5.74, 6) is 0. The Morgan fingerprint density at radius 2 is 0.760 bits per heavy atom. The molecule has 0 aliphatic carbocycles. The zero-order valence-electron chi connectivity index (χ0n) is 17.9. The zero-order valence-corrected chi connectivity index (χ0v) is 22.2. The maximum atomic E-state index is 7.26. The van der Waals surface area contributed by atoms with Crippen molar-refractivity contribution < 1.29 is 0 Å². The summed E-state index contributed by atoms with van der Waals surface area (Å²) in [5, 5.41) is 0. The van der Waals surface area contributed by atoms with Crippen molar-refractivity contribution in [3.05, 3.63) is 0 Å². The van der Waals surface area contributed by atoms with Gasteiger partial charge in [-0.1, -0.05) is 0 Å². The van der Waals surface area contributed by atoms with Crippen molar-refractivity contribution in [2.45, 2.75) is 105 Å². The number of nitrogens with zero attached hydrogens (tertiary/aromatic N) is 4. The molecule has 0 aromatic heterocycles. The summed E-state index contributed by atoms with van der Waals surface area (Å²) in [7, 11) is -4.15. The topological polar surface area (TPSA) is 13.0 Å². The maximum absolute atomic E-state index is 7.26. The number of fused-ring (bicyclic) bond motifs is 2. The number of rotatable bonds is 0. The van der Waals surface area contributed by atoms with E-state index in [1.54, 1.807) is 0 Å². The predicted octanol–water partition coefficient (Wildman–Crippen LogP) is 6.78. The summed E-state index contributed by atoms with van der Waals surface area (Å²) < 4.78 is 10.4. The molecule has 9 heteroatoms. The Bertz CT molecular complexity index is 480. The maximum Gasteiger partial charge on any atom is 0.420 e. The van der Waals surface area contributed by atoms with Crippen molar-refractivity contribution in [2.75, 3.05) is 0 Å². The van der Waals surface area contributed by atoms with Gasteiger partial charge in [0.15, 0.2) is 0 Å². The van der Waals surface area contributed by atoms with Gasteiger partial charge in [0.2, 0.25) is 0 Å². The molecule has 3 saturated heterocycles. The lowest BCUT2D eigenvalue weighted by atomic mass is 10.1. The van der Waals surface area contributed by atoms with Crippen LogP contribution >= 0.6 is 38.9 Å². The molecule has 0 aromatic rings. The Morgan fingerprint density at radius 1 is 0.520 bits per heavy atom. The van der Waals surface area contributed by atoms with Gasteiger partial charge in [0, 0.05) is 22.2 Å². The first-order valence-electron chi connectivity index (χ1n) is 8.92. The van der Waals surface area contributed by atoms with Gasteiger partial charge in [0.25, 0.3) is 0 Å².